The Kier molecular flexibility index (Phi) is 17.1. The number of nitro benzene ring substituents is 1. The van der Waals surface area contributed by atoms with E-state index in [0.29, 0.717) is 16.7 Å². The molecule has 4 rings (SSSR count). The summed E-state index contributed by atoms with van der Waals surface area (Å²) in [4.78, 5) is 115. The second-order valence-corrected chi connectivity index (χ2v) is 15.5. The number of nitrogens with zero attached hydrogens (tertiary/aromatic N) is 1. The molecule has 0 aromatic heterocycles. The number of hydrogen-bond acceptors (Lipinski definition) is 12. The van der Waals surface area contributed by atoms with E-state index in [4.69, 9.17) is 4.74 Å². The fourth-order valence-electron chi connectivity index (χ4n) is 6.79. The number of phenols is 1. The Balaban J connectivity index is 1.55. The van der Waals surface area contributed by atoms with Gasteiger partial charge in [0.1, 0.15) is 24.2 Å². The molecule has 19 nitrogen and oxygen atoms in total. The average molecular weight is 884 g/mol. The van der Waals surface area contributed by atoms with Gasteiger partial charge in [-0.05, 0) is 65.3 Å². The van der Waals surface area contributed by atoms with E-state index in [9.17, 15) is 63.8 Å². The lowest BCUT2D eigenvalue weighted by Crippen LogP contribution is -2.59. The molecular formula is C45H49N5O14. The molecule has 0 fully saturated rings. The number of amides is 4. The number of carboxylic acids is 2. The third-order valence-electron chi connectivity index (χ3n) is 10.1. The van der Waals surface area contributed by atoms with Gasteiger partial charge in [0.2, 0.25) is 23.6 Å². The van der Waals surface area contributed by atoms with Gasteiger partial charge in [-0.1, -0.05) is 80.6 Å². The number of ketones is 1. The van der Waals surface area contributed by atoms with Crippen molar-refractivity contribution >= 4 is 63.8 Å². The second kappa shape index (κ2) is 22.4. The van der Waals surface area contributed by atoms with Crippen LogP contribution in [0.5, 0.6) is 5.75 Å². The number of aliphatic carboxylic acids is 2. The topological polar surface area (TPSA) is 298 Å². The SMILES string of the molecule is Cc1cccc(C)c1C(=O)OCC(=O)[C@H](CC(=O)O)NC(=O)[C@@H](NC(=O)C(CCC(=O)O)NC(=O)[C@H](Cc1ccc2ccccc2c1)NC(=O)Cc1ccc(O)c([N+](=O)[O-])c1)C(C)C. The first-order valence-corrected chi connectivity index (χ1v) is 20.1. The first-order chi connectivity index (χ1) is 30.2. The van der Waals surface area contributed by atoms with E-state index in [1.54, 1.807) is 56.3 Å². The van der Waals surface area contributed by atoms with Crippen molar-refractivity contribution < 1.29 is 63.3 Å². The molecule has 19 heteroatoms. The Morgan fingerprint density at radius 3 is 1.95 bits per heavy atom. The number of fused-ring (bicyclic) bond motifs is 1. The Bertz CT molecular complexity index is 2430. The summed E-state index contributed by atoms with van der Waals surface area (Å²) >= 11 is 0. The van der Waals surface area contributed by atoms with Crippen LogP contribution in [0.2, 0.25) is 0 Å². The summed E-state index contributed by atoms with van der Waals surface area (Å²) in [6.07, 6.45) is -2.62. The van der Waals surface area contributed by atoms with Crippen LogP contribution in [0.15, 0.2) is 78.9 Å². The molecule has 338 valence electrons. The van der Waals surface area contributed by atoms with E-state index in [-0.39, 0.29) is 17.5 Å². The summed E-state index contributed by atoms with van der Waals surface area (Å²) in [5.74, 6) is -9.69. The number of nitrogens with one attached hydrogen (secondary N) is 4. The highest BCUT2D eigenvalue weighted by Gasteiger charge is 2.34. The van der Waals surface area contributed by atoms with Crippen molar-refractivity contribution in [2.24, 2.45) is 5.92 Å². The number of Topliss-reactive ketones (excluding diaryl/α,β-unsaturated/α-hetero) is 1. The van der Waals surface area contributed by atoms with Gasteiger partial charge in [0.25, 0.3) is 0 Å². The van der Waals surface area contributed by atoms with Crippen LogP contribution in [-0.4, -0.2) is 98.3 Å². The number of hydrogen-bond donors (Lipinski definition) is 7. The summed E-state index contributed by atoms with van der Waals surface area (Å²) in [7, 11) is 0. The van der Waals surface area contributed by atoms with Crippen molar-refractivity contribution in [3.8, 4) is 5.75 Å². The average Bonchev–Trinajstić information content (AvgIpc) is 3.22. The van der Waals surface area contributed by atoms with Crippen LogP contribution in [-0.2, 0) is 51.1 Å². The van der Waals surface area contributed by atoms with Crippen molar-refractivity contribution in [1.82, 2.24) is 21.3 Å². The molecule has 0 bridgehead atoms. The van der Waals surface area contributed by atoms with Crippen molar-refractivity contribution in [3.63, 3.8) is 0 Å². The van der Waals surface area contributed by atoms with Crippen LogP contribution < -0.4 is 21.3 Å². The zero-order valence-electron chi connectivity index (χ0n) is 35.4. The number of nitro groups is 1. The maximum atomic E-state index is 14.1. The highest BCUT2D eigenvalue weighted by atomic mass is 16.6. The summed E-state index contributed by atoms with van der Waals surface area (Å²) in [5.41, 5.74) is 1.43. The largest absolute Gasteiger partial charge is 0.502 e. The van der Waals surface area contributed by atoms with Gasteiger partial charge in [0, 0.05) is 18.9 Å². The molecule has 0 heterocycles. The summed E-state index contributed by atoms with van der Waals surface area (Å²) < 4.78 is 5.18. The lowest BCUT2D eigenvalue weighted by molar-refractivity contribution is -0.385. The van der Waals surface area contributed by atoms with E-state index < -0.39 is 126 Å². The number of carboxylic acid groups (broad SMARTS) is 2. The lowest BCUT2D eigenvalue weighted by atomic mass is 9.99. The molecule has 0 aliphatic heterocycles. The Morgan fingerprint density at radius 2 is 1.33 bits per heavy atom. The quantitative estimate of drug-likeness (QED) is 0.0339. The molecule has 7 N–H and O–H groups in total. The van der Waals surface area contributed by atoms with E-state index in [2.05, 4.69) is 21.3 Å². The number of aryl methyl sites for hydroxylation is 2. The first kappa shape index (κ1) is 49.0. The van der Waals surface area contributed by atoms with Crippen molar-refractivity contribution in [2.45, 2.75) is 84.0 Å². The molecule has 1 unspecified atom stereocenters. The molecular weight excluding hydrogens is 835 g/mol. The summed E-state index contributed by atoms with van der Waals surface area (Å²) in [6, 6.07) is 14.8. The normalized spacial score (nSPS) is 12.8. The van der Waals surface area contributed by atoms with Crippen LogP contribution in [0.3, 0.4) is 0 Å². The monoisotopic (exact) mass is 883 g/mol. The second-order valence-electron chi connectivity index (χ2n) is 15.5. The molecule has 0 radical (unpaired) electrons. The molecule has 64 heavy (non-hydrogen) atoms. The molecule has 0 saturated heterocycles. The van der Waals surface area contributed by atoms with E-state index >= 15 is 0 Å². The maximum absolute atomic E-state index is 14.1. The fourth-order valence-corrected chi connectivity index (χ4v) is 6.79. The highest BCUT2D eigenvalue weighted by Crippen LogP contribution is 2.26. The van der Waals surface area contributed by atoms with Gasteiger partial charge >= 0.3 is 23.6 Å². The van der Waals surface area contributed by atoms with Crippen LogP contribution >= 0.6 is 0 Å². The summed E-state index contributed by atoms with van der Waals surface area (Å²) in [5, 5.41) is 51.8. The molecule has 0 spiro atoms. The third-order valence-corrected chi connectivity index (χ3v) is 10.1. The van der Waals surface area contributed by atoms with Crippen molar-refractivity contribution in [3.05, 3.63) is 117 Å². The Morgan fingerprint density at radius 1 is 0.703 bits per heavy atom. The van der Waals surface area contributed by atoms with E-state index in [1.165, 1.54) is 19.9 Å². The third kappa shape index (κ3) is 13.9. The minimum absolute atomic E-state index is 0.134. The van der Waals surface area contributed by atoms with Crippen molar-refractivity contribution in [1.29, 1.82) is 0 Å². The van der Waals surface area contributed by atoms with Crippen molar-refractivity contribution in [2.75, 3.05) is 6.61 Å². The Labute approximate surface area is 366 Å². The molecule has 4 aromatic carbocycles. The number of carbonyl (C=O) groups is 8. The molecule has 0 aliphatic carbocycles. The number of rotatable bonds is 22. The summed E-state index contributed by atoms with van der Waals surface area (Å²) in [6.45, 7) is 5.48. The number of phenolic OH excluding ortho intramolecular Hbond substituents is 1. The van der Waals surface area contributed by atoms with Gasteiger partial charge in [-0.25, -0.2) is 4.79 Å². The molecule has 4 aromatic rings. The highest BCUT2D eigenvalue weighted by molar-refractivity contribution is 5.99. The van der Waals surface area contributed by atoms with Gasteiger partial charge in [0.15, 0.2) is 18.1 Å². The zero-order chi connectivity index (χ0) is 47.2. The maximum Gasteiger partial charge on any atom is 0.339 e. The van der Waals surface area contributed by atoms with Crippen LogP contribution in [0.1, 0.15) is 65.7 Å². The Hall–Kier alpha value is -7.70. The number of esters is 1. The predicted molar refractivity (Wildman–Crippen MR) is 229 cm³/mol. The minimum atomic E-state index is -1.70. The number of carbonyl (C=O) groups excluding carboxylic acids is 6. The number of benzene rings is 4. The predicted octanol–water partition coefficient (Wildman–Crippen LogP) is 3.22. The fraction of sp³-hybridized carbons (Fsp3) is 0.333. The lowest BCUT2D eigenvalue weighted by Gasteiger charge is -2.28. The van der Waals surface area contributed by atoms with Gasteiger partial charge in [-0.15, -0.1) is 0 Å². The van der Waals surface area contributed by atoms with Crippen LogP contribution in [0, 0.1) is 29.9 Å². The molecule has 0 saturated carbocycles. The standard InChI is InChI=1S/C45H49N5O14/c1-24(2)41(44(60)48-32(22-39(56)57)36(52)23-64-45(61)40-25(3)8-7-9-26(40)4)49-42(58)31(15-17-38(54)55)47-43(59)33(19-27-12-14-29-10-5-6-11-30(29)18-27)46-37(53)21-28-13-16-35(51)34(20-28)50(62)63/h5-14,16,18,20,24,31-33,41,51H,15,17,19,21-23H2,1-4H3,(H,46,53)(H,47,59)(H,48,60)(H,49,58)(H,54,55)(H,56,57)/t31?,32-,33-,41-/m0/s1. The molecule has 4 amide bonds. The molecule has 0 aliphatic rings. The van der Waals surface area contributed by atoms with Gasteiger partial charge in [-0.3, -0.25) is 43.7 Å². The van der Waals surface area contributed by atoms with Crippen LogP contribution in [0.25, 0.3) is 10.8 Å². The molecule has 4 atom stereocenters. The van der Waals surface area contributed by atoms with Gasteiger partial charge < -0.3 is 41.3 Å². The number of aromatic hydroxyl groups is 1. The first-order valence-electron chi connectivity index (χ1n) is 20.1. The zero-order valence-corrected chi connectivity index (χ0v) is 35.4. The smallest absolute Gasteiger partial charge is 0.339 e. The van der Waals surface area contributed by atoms with Gasteiger partial charge in [0.05, 0.1) is 23.3 Å². The number of ether oxygens (including phenoxy) is 1. The van der Waals surface area contributed by atoms with E-state index in [1.807, 2.05) is 18.2 Å². The van der Waals surface area contributed by atoms with E-state index in [0.717, 1.165) is 22.9 Å². The van der Waals surface area contributed by atoms with Crippen LogP contribution in [0.4, 0.5) is 5.69 Å². The minimum Gasteiger partial charge on any atom is -0.502 e. The van der Waals surface area contributed by atoms with Gasteiger partial charge in [-0.2, -0.15) is 0 Å².